The molecule has 0 spiro atoms. The molecule has 2 saturated heterocycles. The largest absolute Gasteiger partial charge is 0.454 e. The number of esters is 1. The zero-order valence-electron chi connectivity index (χ0n) is 20.8. The maximum absolute atomic E-state index is 12.6. The van der Waals surface area contributed by atoms with E-state index in [1.807, 2.05) is 0 Å². The third kappa shape index (κ3) is 8.53. The van der Waals surface area contributed by atoms with Gasteiger partial charge in [-0.1, -0.05) is 58.3 Å². The average Bonchev–Trinajstić information content (AvgIpc) is 3.14. The first-order valence-electron chi connectivity index (χ1n) is 12.9. The summed E-state index contributed by atoms with van der Waals surface area (Å²) in [6.45, 7) is 1.64. The zero-order valence-corrected chi connectivity index (χ0v) is 23.0. The highest BCUT2D eigenvalue weighted by Crippen LogP contribution is 2.40. The number of unbranched alkanes of at least 4 members (excludes halogenated alkanes) is 8. The van der Waals surface area contributed by atoms with Crippen LogP contribution in [-0.2, 0) is 23.7 Å². The van der Waals surface area contributed by atoms with E-state index >= 15 is 0 Å². The highest BCUT2D eigenvalue weighted by molar-refractivity contribution is 6.21. The summed E-state index contributed by atoms with van der Waals surface area (Å²) in [5.41, 5.74) is 0. The molecule has 2 aliphatic rings. The van der Waals surface area contributed by atoms with Crippen LogP contribution in [0, 0.1) is 0 Å². The molecule has 2 heterocycles. The number of hydrogen-bond donors (Lipinski definition) is 4. The Balaban J connectivity index is 1.96. The molecule has 2 aliphatic heterocycles. The van der Waals surface area contributed by atoms with Gasteiger partial charge in [0.05, 0.1) is 23.7 Å². The Bertz CT molecular complexity index is 644. The molecule has 9 atom stereocenters. The molecule has 9 nitrogen and oxygen atoms in total. The lowest BCUT2D eigenvalue weighted by molar-refractivity contribution is -0.358. The summed E-state index contributed by atoms with van der Waals surface area (Å²) in [5, 5.41) is 39.8. The molecule has 212 valence electrons. The van der Waals surface area contributed by atoms with Crippen molar-refractivity contribution in [3.8, 4) is 0 Å². The molecule has 0 saturated carbocycles. The highest BCUT2D eigenvalue weighted by atomic mass is 35.5. The molecular weight excluding hydrogens is 539 g/mol. The first-order chi connectivity index (χ1) is 17.2. The Morgan fingerprint density at radius 1 is 0.917 bits per heavy atom. The summed E-state index contributed by atoms with van der Waals surface area (Å²) in [7, 11) is 0. The van der Waals surface area contributed by atoms with Crippen LogP contribution in [0.4, 0.5) is 0 Å². The number of hydrogen-bond acceptors (Lipinski definition) is 9. The lowest BCUT2D eigenvalue weighted by atomic mass is 10.0. The summed E-state index contributed by atoms with van der Waals surface area (Å²) in [4.78, 5) is 12.6. The summed E-state index contributed by atoms with van der Waals surface area (Å²) in [5.74, 6) is -3.03. The van der Waals surface area contributed by atoms with Gasteiger partial charge in [0.1, 0.15) is 30.5 Å². The van der Waals surface area contributed by atoms with E-state index in [1.54, 1.807) is 0 Å². The van der Waals surface area contributed by atoms with Gasteiger partial charge in [0, 0.05) is 6.42 Å². The Labute approximate surface area is 228 Å². The van der Waals surface area contributed by atoms with Crippen LogP contribution in [0.5, 0.6) is 0 Å². The van der Waals surface area contributed by atoms with Gasteiger partial charge >= 0.3 is 5.97 Å². The first kappa shape index (κ1) is 32.3. The maximum Gasteiger partial charge on any atom is 0.306 e. The van der Waals surface area contributed by atoms with Crippen molar-refractivity contribution in [3.05, 3.63) is 0 Å². The lowest BCUT2D eigenvalue weighted by Crippen LogP contribution is -2.61. The molecule has 0 bridgehead atoms. The maximum atomic E-state index is 12.6. The Kier molecular flexibility index (Phi) is 14.5. The Morgan fingerprint density at radius 3 is 2.08 bits per heavy atom. The zero-order chi connectivity index (χ0) is 26.7. The van der Waals surface area contributed by atoms with Gasteiger partial charge in [0.2, 0.25) is 5.79 Å². The second-order valence-corrected chi connectivity index (χ2v) is 10.6. The van der Waals surface area contributed by atoms with Crippen LogP contribution in [0.15, 0.2) is 0 Å². The quantitative estimate of drug-likeness (QED) is 0.124. The van der Waals surface area contributed by atoms with Gasteiger partial charge < -0.3 is 39.4 Å². The normalized spacial score (nSPS) is 36.8. The smallest absolute Gasteiger partial charge is 0.306 e. The lowest BCUT2D eigenvalue weighted by Gasteiger charge is -2.43. The van der Waals surface area contributed by atoms with Gasteiger partial charge in [-0.05, 0) is 6.42 Å². The van der Waals surface area contributed by atoms with Crippen LogP contribution in [0.25, 0.3) is 0 Å². The van der Waals surface area contributed by atoms with Crippen LogP contribution in [0.3, 0.4) is 0 Å². The standard InChI is InChI=1S/C24H41Cl3O9/c1-2-3-4-5-6-7-8-9-10-11-17(29)34-22-19(30)15(12-25)35-24(22,14-26)36-23-21(32)20(31)18(27)16(13-28)33-23/h15-16,18-23,28,30-32H,2-14H2,1H3/t15-,16-,18+,19-,20+,21-,22+,23-,24+/m1/s1. The van der Waals surface area contributed by atoms with Gasteiger partial charge in [-0.15, -0.1) is 34.8 Å². The fourth-order valence-electron chi connectivity index (χ4n) is 4.48. The summed E-state index contributed by atoms with van der Waals surface area (Å²) >= 11 is 18.1. The van der Waals surface area contributed by atoms with Gasteiger partial charge in [-0.25, -0.2) is 0 Å². The molecule has 12 heteroatoms. The van der Waals surface area contributed by atoms with Crippen molar-refractivity contribution in [2.24, 2.45) is 0 Å². The van der Waals surface area contributed by atoms with Crippen molar-refractivity contribution in [1.29, 1.82) is 0 Å². The SMILES string of the molecule is CCCCCCCCCCCC(=O)O[C@H]1[C@H](O)[C@@H](CCl)O[C@@]1(CCl)O[C@H]1O[C@H](CO)[C@H](Cl)[C@H](O)[C@H]1O. The average molecular weight is 580 g/mol. The number of alkyl halides is 3. The van der Waals surface area contributed by atoms with E-state index in [2.05, 4.69) is 6.92 Å². The van der Waals surface area contributed by atoms with Crippen molar-refractivity contribution in [3.63, 3.8) is 0 Å². The third-order valence-electron chi connectivity index (χ3n) is 6.67. The minimum Gasteiger partial charge on any atom is -0.454 e. The fourth-order valence-corrected chi connectivity index (χ4v) is 5.29. The van der Waals surface area contributed by atoms with Gasteiger partial charge in [-0.3, -0.25) is 4.79 Å². The minimum atomic E-state index is -1.92. The van der Waals surface area contributed by atoms with E-state index in [1.165, 1.54) is 32.1 Å². The molecule has 0 amide bonds. The fraction of sp³-hybridized carbons (Fsp3) is 0.958. The molecule has 2 fully saturated rings. The topological polar surface area (TPSA) is 135 Å². The monoisotopic (exact) mass is 578 g/mol. The Hall–Kier alpha value is 0.0600. The van der Waals surface area contributed by atoms with E-state index in [4.69, 9.17) is 53.8 Å². The van der Waals surface area contributed by atoms with Gasteiger partial charge in [0.15, 0.2) is 12.4 Å². The molecule has 0 radical (unpaired) electrons. The highest BCUT2D eigenvalue weighted by Gasteiger charge is 2.60. The van der Waals surface area contributed by atoms with Crippen LogP contribution >= 0.6 is 34.8 Å². The minimum absolute atomic E-state index is 0.144. The van der Waals surface area contributed by atoms with Crippen molar-refractivity contribution >= 4 is 40.8 Å². The summed E-state index contributed by atoms with van der Waals surface area (Å²) < 4.78 is 22.6. The molecule has 0 aromatic heterocycles. The number of ether oxygens (including phenoxy) is 4. The van der Waals surface area contributed by atoms with Gasteiger partial charge in [-0.2, -0.15) is 0 Å². The predicted molar refractivity (Wildman–Crippen MR) is 135 cm³/mol. The molecule has 36 heavy (non-hydrogen) atoms. The second-order valence-electron chi connectivity index (χ2n) is 9.50. The molecule has 0 aromatic carbocycles. The van der Waals surface area contributed by atoms with Crippen molar-refractivity contribution < 1.29 is 44.2 Å². The Morgan fingerprint density at radius 2 is 1.53 bits per heavy atom. The molecule has 0 unspecified atom stereocenters. The van der Waals surface area contributed by atoms with E-state index in [-0.39, 0.29) is 12.3 Å². The van der Waals surface area contributed by atoms with E-state index in [0.717, 1.165) is 19.3 Å². The molecule has 0 aliphatic carbocycles. The molecule has 0 aromatic rings. The third-order valence-corrected chi connectivity index (χ3v) is 7.89. The first-order valence-corrected chi connectivity index (χ1v) is 14.4. The van der Waals surface area contributed by atoms with Crippen LogP contribution in [-0.4, -0.2) is 98.8 Å². The summed E-state index contributed by atoms with van der Waals surface area (Å²) in [6, 6.07) is 0. The second kappa shape index (κ2) is 16.2. The van der Waals surface area contributed by atoms with Crippen LogP contribution in [0.2, 0.25) is 0 Å². The molecular formula is C24H41Cl3O9. The van der Waals surface area contributed by atoms with Gasteiger partial charge in [0.25, 0.3) is 0 Å². The van der Waals surface area contributed by atoms with E-state index in [0.29, 0.717) is 6.42 Å². The van der Waals surface area contributed by atoms with E-state index < -0.39 is 72.5 Å². The molecule has 2 rings (SSSR count). The van der Waals surface area contributed by atoms with Crippen molar-refractivity contribution in [2.45, 2.75) is 125 Å². The number of carbonyl (C=O) groups excluding carboxylic acids is 1. The van der Waals surface area contributed by atoms with Crippen molar-refractivity contribution in [2.75, 3.05) is 18.4 Å². The van der Waals surface area contributed by atoms with E-state index in [9.17, 15) is 25.2 Å². The molecule has 4 N–H and O–H groups in total. The summed E-state index contributed by atoms with van der Waals surface area (Å²) in [6.07, 6.45) is 0.610. The number of carbonyl (C=O) groups is 1. The predicted octanol–water partition coefficient (Wildman–Crippen LogP) is 2.82. The number of halogens is 3. The number of rotatable bonds is 16. The number of aliphatic hydroxyl groups excluding tert-OH is 4. The van der Waals surface area contributed by atoms with Crippen LogP contribution in [0.1, 0.15) is 71.1 Å². The van der Waals surface area contributed by atoms with Crippen molar-refractivity contribution in [1.82, 2.24) is 0 Å². The number of aliphatic hydroxyl groups is 4. The van der Waals surface area contributed by atoms with Crippen LogP contribution < -0.4 is 0 Å².